The zero-order valence-corrected chi connectivity index (χ0v) is 11.0. The molecule has 1 aromatic rings. The predicted octanol–water partition coefficient (Wildman–Crippen LogP) is 3.66. The van der Waals surface area contributed by atoms with Gasteiger partial charge in [-0.3, -0.25) is 4.79 Å². The molecule has 0 atom stereocenters. The Balaban J connectivity index is 2.20. The van der Waals surface area contributed by atoms with Crippen LogP contribution in [-0.4, -0.2) is 23.9 Å². The lowest BCUT2D eigenvalue weighted by atomic mass is 10.1. The summed E-state index contributed by atoms with van der Waals surface area (Å²) in [6.07, 6.45) is 4.70. The normalized spacial score (nSPS) is 16.7. The van der Waals surface area contributed by atoms with E-state index in [1.807, 2.05) is 24.0 Å². The fraction of sp³-hybridized carbons (Fsp3) is 0.500. The maximum absolute atomic E-state index is 12.4. The predicted molar refractivity (Wildman–Crippen MR) is 70.6 cm³/mol. The summed E-state index contributed by atoms with van der Waals surface area (Å²) in [5.41, 5.74) is 1.75. The van der Waals surface area contributed by atoms with E-state index in [1.54, 1.807) is 6.07 Å². The van der Waals surface area contributed by atoms with E-state index in [-0.39, 0.29) is 5.91 Å². The van der Waals surface area contributed by atoms with Gasteiger partial charge in [-0.15, -0.1) is 0 Å². The first-order valence-corrected chi connectivity index (χ1v) is 6.62. The van der Waals surface area contributed by atoms with Crippen molar-refractivity contribution in [3.8, 4) is 0 Å². The third-order valence-corrected chi connectivity index (χ3v) is 3.56. The molecule has 1 aliphatic rings. The van der Waals surface area contributed by atoms with Gasteiger partial charge in [0, 0.05) is 23.7 Å². The van der Waals surface area contributed by atoms with Crippen LogP contribution < -0.4 is 0 Å². The quantitative estimate of drug-likeness (QED) is 0.746. The van der Waals surface area contributed by atoms with Gasteiger partial charge in [-0.05, 0) is 37.5 Å². The number of nitrogens with zero attached hydrogens (tertiary/aromatic N) is 1. The van der Waals surface area contributed by atoms with Crippen LogP contribution in [0.4, 0.5) is 0 Å². The summed E-state index contributed by atoms with van der Waals surface area (Å²) >= 11 is 5.96. The minimum absolute atomic E-state index is 0.131. The van der Waals surface area contributed by atoms with Crippen molar-refractivity contribution >= 4 is 17.5 Å². The van der Waals surface area contributed by atoms with Crippen LogP contribution >= 0.6 is 11.6 Å². The number of hydrogen-bond donors (Lipinski definition) is 0. The zero-order valence-electron chi connectivity index (χ0n) is 10.2. The van der Waals surface area contributed by atoms with Crippen molar-refractivity contribution in [2.24, 2.45) is 0 Å². The highest BCUT2D eigenvalue weighted by Gasteiger charge is 2.18. The van der Waals surface area contributed by atoms with Crippen molar-refractivity contribution in [3.63, 3.8) is 0 Å². The van der Waals surface area contributed by atoms with Gasteiger partial charge in [-0.2, -0.15) is 0 Å². The molecule has 0 N–H and O–H groups in total. The minimum Gasteiger partial charge on any atom is -0.339 e. The summed E-state index contributed by atoms with van der Waals surface area (Å²) in [7, 11) is 0. The molecule has 2 nitrogen and oxygen atoms in total. The van der Waals surface area contributed by atoms with Crippen LogP contribution in [0.1, 0.15) is 41.6 Å². The highest BCUT2D eigenvalue weighted by atomic mass is 35.5. The second kappa shape index (κ2) is 5.54. The van der Waals surface area contributed by atoms with Gasteiger partial charge in [0.2, 0.25) is 0 Å². The van der Waals surface area contributed by atoms with Crippen molar-refractivity contribution in [3.05, 3.63) is 34.3 Å². The number of likely N-dealkylation sites (tertiary alicyclic amines) is 1. The lowest BCUT2D eigenvalue weighted by molar-refractivity contribution is 0.0761. The summed E-state index contributed by atoms with van der Waals surface area (Å²) in [5, 5.41) is 0.633. The Kier molecular flexibility index (Phi) is 4.06. The zero-order chi connectivity index (χ0) is 12.3. The van der Waals surface area contributed by atoms with Gasteiger partial charge in [0.05, 0.1) is 0 Å². The van der Waals surface area contributed by atoms with E-state index in [9.17, 15) is 4.79 Å². The molecule has 1 amide bonds. The van der Waals surface area contributed by atoms with E-state index in [0.717, 1.165) is 37.1 Å². The molecule has 1 heterocycles. The van der Waals surface area contributed by atoms with Crippen molar-refractivity contribution in [2.45, 2.75) is 32.6 Å². The van der Waals surface area contributed by atoms with Crippen molar-refractivity contribution < 1.29 is 4.79 Å². The van der Waals surface area contributed by atoms with Crippen LogP contribution in [0, 0.1) is 6.92 Å². The fourth-order valence-electron chi connectivity index (χ4n) is 2.27. The first-order valence-electron chi connectivity index (χ1n) is 6.24. The Morgan fingerprint density at radius 3 is 2.47 bits per heavy atom. The molecule has 2 rings (SSSR count). The topological polar surface area (TPSA) is 20.3 Å². The number of rotatable bonds is 1. The summed E-state index contributed by atoms with van der Waals surface area (Å²) in [4.78, 5) is 14.4. The van der Waals surface area contributed by atoms with Gasteiger partial charge in [0.1, 0.15) is 0 Å². The summed E-state index contributed by atoms with van der Waals surface area (Å²) in [6.45, 7) is 3.72. The van der Waals surface area contributed by atoms with Crippen molar-refractivity contribution in [1.82, 2.24) is 4.90 Å². The standard InChI is InChI=1S/C14H18ClNO/c1-11-6-7-12(15)10-13(11)14(17)16-8-4-2-3-5-9-16/h6-7,10H,2-5,8-9H2,1H3. The van der Waals surface area contributed by atoms with E-state index < -0.39 is 0 Å². The molecule has 92 valence electrons. The molecular weight excluding hydrogens is 234 g/mol. The second-order valence-corrected chi connectivity index (χ2v) is 5.10. The molecule has 17 heavy (non-hydrogen) atoms. The highest BCUT2D eigenvalue weighted by molar-refractivity contribution is 6.31. The number of halogens is 1. The summed E-state index contributed by atoms with van der Waals surface area (Å²) < 4.78 is 0. The third kappa shape index (κ3) is 3.01. The largest absolute Gasteiger partial charge is 0.339 e. The number of aryl methyl sites for hydroxylation is 1. The lowest BCUT2D eigenvalue weighted by Crippen LogP contribution is -2.32. The van der Waals surface area contributed by atoms with Gasteiger partial charge < -0.3 is 4.90 Å². The number of amides is 1. The Morgan fingerprint density at radius 1 is 1.18 bits per heavy atom. The van der Waals surface area contributed by atoms with Gasteiger partial charge in [0.15, 0.2) is 0 Å². The molecule has 1 aromatic carbocycles. The van der Waals surface area contributed by atoms with Gasteiger partial charge >= 0.3 is 0 Å². The van der Waals surface area contributed by atoms with Crippen LogP contribution in [-0.2, 0) is 0 Å². The fourth-order valence-corrected chi connectivity index (χ4v) is 2.44. The second-order valence-electron chi connectivity index (χ2n) is 4.67. The molecule has 1 saturated heterocycles. The average molecular weight is 252 g/mol. The van der Waals surface area contributed by atoms with Crippen LogP contribution in [0.2, 0.25) is 5.02 Å². The Morgan fingerprint density at radius 2 is 1.82 bits per heavy atom. The molecule has 0 aliphatic carbocycles. The molecule has 0 saturated carbocycles. The van der Waals surface area contributed by atoms with Crippen LogP contribution in [0.3, 0.4) is 0 Å². The van der Waals surface area contributed by atoms with E-state index in [1.165, 1.54) is 12.8 Å². The Hall–Kier alpha value is -1.02. The summed E-state index contributed by atoms with van der Waals surface area (Å²) in [5.74, 6) is 0.131. The molecular formula is C14H18ClNO. The van der Waals surface area contributed by atoms with Crippen LogP contribution in [0.15, 0.2) is 18.2 Å². The maximum atomic E-state index is 12.4. The monoisotopic (exact) mass is 251 g/mol. The van der Waals surface area contributed by atoms with E-state index in [4.69, 9.17) is 11.6 Å². The van der Waals surface area contributed by atoms with Crippen molar-refractivity contribution in [1.29, 1.82) is 0 Å². The average Bonchev–Trinajstić information content (AvgIpc) is 2.60. The minimum atomic E-state index is 0.131. The maximum Gasteiger partial charge on any atom is 0.254 e. The first-order chi connectivity index (χ1) is 8.18. The van der Waals surface area contributed by atoms with Gasteiger partial charge in [-0.1, -0.05) is 30.5 Å². The van der Waals surface area contributed by atoms with E-state index >= 15 is 0 Å². The highest BCUT2D eigenvalue weighted by Crippen LogP contribution is 2.19. The van der Waals surface area contributed by atoms with Crippen LogP contribution in [0.5, 0.6) is 0 Å². The van der Waals surface area contributed by atoms with Gasteiger partial charge in [0.25, 0.3) is 5.91 Å². The number of hydrogen-bond acceptors (Lipinski definition) is 1. The van der Waals surface area contributed by atoms with Crippen molar-refractivity contribution in [2.75, 3.05) is 13.1 Å². The Labute approximate surface area is 108 Å². The van der Waals surface area contributed by atoms with Crippen LogP contribution in [0.25, 0.3) is 0 Å². The first kappa shape index (κ1) is 12.4. The number of benzene rings is 1. The molecule has 3 heteroatoms. The molecule has 0 bridgehead atoms. The summed E-state index contributed by atoms with van der Waals surface area (Å²) in [6, 6.07) is 5.52. The molecule has 0 spiro atoms. The Bertz CT molecular complexity index is 409. The smallest absolute Gasteiger partial charge is 0.254 e. The molecule has 0 unspecified atom stereocenters. The molecule has 0 radical (unpaired) electrons. The lowest BCUT2D eigenvalue weighted by Gasteiger charge is -2.21. The van der Waals surface area contributed by atoms with E-state index in [2.05, 4.69) is 0 Å². The molecule has 0 aromatic heterocycles. The van der Waals surface area contributed by atoms with Gasteiger partial charge in [-0.25, -0.2) is 0 Å². The SMILES string of the molecule is Cc1ccc(Cl)cc1C(=O)N1CCCCCC1. The number of carbonyl (C=O) groups is 1. The number of carbonyl (C=O) groups excluding carboxylic acids is 1. The molecule has 1 aliphatic heterocycles. The third-order valence-electron chi connectivity index (χ3n) is 3.32. The molecule has 1 fully saturated rings. The van der Waals surface area contributed by atoms with E-state index in [0.29, 0.717) is 5.02 Å².